The summed E-state index contributed by atoms with van der Waals surface area (Å²) in [5.74, 6) is 0.572. The molecule has 1 aliphatic heterocycles. The number of hydrogen-bond donors (Lipinski definition) is 1. The van der Waals surface area contributed by atoms with Crippen LogP contribution in [-0.4, -0.2) is 38.1 Å². The highest BCUT2D eigenvalue weighted by molar-refractivity contribution is 6.32. The lowest BCUT2D eigenvalue weighted by Gasteiger charge is -2.32. The highest BCUT2D eigenvalue weighted by Crippen LogP contribution is 2.37. The predicted molar refractivity (Wildman–Crippen MR) is 111 cm³/mol. The van der Waals surface area contributed by atoms with Gasteiger partial charge in [-0.3, -0.25) is 14.9 Å². The molecule has 0 aromatic heterocycles. The minimum Gasteiger partial charge on any atom is -0.495 e. The molecular formula is C20H22ClN3O5. The van der Waals surface area contributed by atoms with E-state index < -0.39 is 0 Å². The van der Waals surface area contributed by atoms with E-state index in [2.05, 4.69) is 5.32 Å². The van der Waals surface area contributed by atoms with Crippen LogP contribution in [0.2, 0.25) is 5.02 Å². The molecule has 29 heavy (non-hydrogen) atoms. The lowest BCUT2D eigenvalue weighted by Crippen LogP contribution is -2.38. The first kappa shape index (κ1) is 20.7. The van der Waals surface area contributed by atoms with Gasteiger partial charge in [-0.15, -0.1) is 0 Å². The van der Waals surface area contributed by atoms with Gasteiger partial charge in [0.25, 0.3) is 5.69 Å². The van der Waals surface area contributed by atoms with Crippen LogP contribution in [0.3, 0.4) is 0 Å². The van der Waals surface area contributed by atoms with E-state index in [4.69, 9.17) is 21.1 Å². The number of para-hydroxylation sites is 2. The molecule has 8 nitrogen and oxygen atoms in total. The summed E-state index contributed by atoms with van der Waals surface area (Å²) in [5.41, 5.74) is 1.14. The van der Waals surface area contributed by atoms with Gasteiger partial charge in [-0.05, 0) is 25.0 Å². The van der Waals surface area contributed by atoms with Gasteiger partial charge >= 0.3 is 0 Å². The Bertz CT molecular complexity index is 913. The molecule has 1 heterocycles. The molecule has 0 spiro atoms. The maximum absolute atomic E-state index is 12.8. The molecule has 1 N–H and O–H groups in total. The number of amides is 1. The summed E-state index contributed by atoms with van der Waals surface area (Å²) in [6, 6.07) is 9.88. The maximum atomic E-state index is 12.8. The van der Waals surface area contributed by atoms with Crippen molar-refractivity contribution in [3.8, 4) is 11.5 Å². The largest absolute Gasteiger partial charge is 0.495 e. The summed E-state index contributed by atoms with van der Waals surface area (Å²) in [4.78, 5) is 25.6. The number of nitro benzene ring substituents is 1. The first-order valence-electron chi connectivity index (χ1n) is 9.15. The average Bonchev–Trinajstić information content (AvgIpc) is 2.74. The number of carbonyl (C=O) groups excluding carboxylic acids is 1. The van der Waals surface area contributed by atoms with Gasteiger partial charge < -0.3 is 19.7 Å². The lowest BCUT2D eigenvalue weighted by molar-refractivity contribution is -0.384. The van der Waals surface area contributed by atoms with Crippen LogP contribution >= 0.6 is 11.6 Å². The molecule has 0 aliphatic carbocycles. The van der Waals surface area contributed by atoms with Crippen molar-refractivity contribution in [1.82, 2.24) is 0 Å². The van der Waals surface area contributed by atoms with Gasteiger partial charge in [-0.1, -0.05) is 23.7 Å². The molecule has 0 unspecified atom stereocenters. The van der Waals surface area contributed by atoms with Crippen molar-refractivity contribution < 1.29 is 19.2 Å². The SMILES string of the molecule is COc1cc(OC)c(NC(=O)C2CCN(c3ccccc3[N+](=O)[O-])CC2)cc1Cl. The second kappa shape index (κ2) is 9.00. The Labute approximate surface area is 173 Å². The Morgan fingerprint density at radius 2 is 1.83 bits per heavy atom. The molecule has 1 saturated heterocycles. The van der Waals surface area contributed by atoms with Crippen molar-refractivity contribution in [2.75, 3.05) is 37.5 Å². The number of nitro groups is 1. The van der Waals surface area contributed by atoms with E-state index in [1.54, 1.807) is 30.3 Å². The van der Waals surface area contributed by atoms with Gasteiger partial charge in [0.1, 0.15) is 17.2 Å². The van der Waals surface area contributed by atoms with Crippen LogP contribution in [0.5, 0.6) is 11.5 Å². The standard InChI is InChI=1S/C20H22ClN3O5/c1-28-18-12-19(29-2)15(11-14(18)21)22-20(25)13-7-9-23(10-8-13)16-5-3-4-6-17(16)24(26)27/h3-6,11-13H,7-10H2,1-2H3,(H,22,25). The average molecular weight is 420 g/mol. The zero-order chi connectivity index (χ0) is 21.0. The fourth-order valence-electron chi connectivity index (χ4n) is 3.46. The number of nitrogens with zero attached hydrogens (tertiary/aromatic N) is 2. The molecule has 2 aromatic carbocycles. The van der Waals surface area contributed by atoms with E-state index in [0.29, 0.717) is 53.8 Å². The first-order valence-corrected chi connectivity index (χ1v) is 9.53. The van der Waals surface area contributed by atoms with Crippen molar-refractivity contribution >= 4 is 34.6 Å². The Balaban J connectivity index is 1.67. The number of piperidine rings is 1. The monoisotopic (exact) mass is 419 g/mol. The third-order valence-corrected chi connectivity index (χ3v) is 5.31. The number of anilines is 2. The van der Waals surface area contributed by atoms with E-state index in [-0.39, 0.29) is 22.4 Å². The van der Waals surface area contributed by atoms with E-state index in [9.17, 15) is 14.9 Å². The normalized spacial score (nSPS) is 14.4. The van der Waals surface area contributed by atoms with Gasteiger partial charge in [-0.2, -0.15) is 0 Å². The molecule has 3 rings (SSSR count). The third kappa shape index (κ3) is 4.54. The molecule has 1 amide bonds. The first-order chi connectivity index (χ1) is 13.9. The third-order valence-electron chi connectivity index (χ3n) is 5.02. The molecule has 9 heteroatoms. The minimum absolute atomic E-state index is 0.0769. The van der Waals surface area contributed by atoms with Crippen LogP contribution in [0.15, 0.2) is 36.4 Å². The summed E-state index contributed by atoms with van der Waals surface area (Å²) in [7, 11) is 3.01. The van der Waals surface area contributed by atoms with E-state index in [1.165, 1.54) is 20.3 Å². The van der Waals surface area contributed by atoms with Crippen LogP contribution in [0, 0.1) is 16.0 Å². The fraction of sp³-hybridized carbons (Fsp3) is 0.350. The van der Waals surface area contributed by atoms with Crippen molar-refractivity contribution in [2.24, 2.45) is 5.92 Å². The number of hydrogen-bond acceptors (Lipinski definition) is 6. The van der Waals surface area contributed by atoms with Gasteiger partial charge in [0.05, 0.1) is 29.9 Å². The molecular weight excluding hydrogens is 398 g/mol. The molecule has 0 radical (unpaired) electrons. The molecule has 1 aliphatic rings. The summed E-state index contributed by atoms with van der Waals surface area (Å²) in [6.07, 6.45) is 1.17. The summed E-state index contributed by atoms with van der Waals surface area (Å²) >= 11 is 6.16. The van der Waals surface area contributed by atoms with Gasteiger partial charge in [0.2, 0.25) is 5.91 Å². The number of carbonyl (C=O) groups is 1. The molecule has 0 bridgehead atoms. The number of ether oxygens (including phenoxy) is 2. The maximum Gasteiger partial charge on any atom is 0.292 e. The van der Waals surface area contributed by atoms with Crippen molar-refractivity contribution in [2.45, 2.75) is 12.8 Å². The van der Waals surface area contributed by atoms with E-state index >= 15 is 0 Å². The quantitative estimate of drug-likeness (QED) is 0.559. The highest BCUT2D eigenvalue weighted by atomic mass is 35.5. The van der Waals surface area contributed by atoms with E-state index in [0.717, 1.165) is 0 Å². The van der Waals surface area contributed by atoms with E-state index in [1.807, 2.05) is 4.90 Å². The van der Waals surface area contributed by atoms with Crippen LogP contribution in [0.25, 0.3) is 0 Å². The number of methoxy groups -OCH3 is 2. The Hall–Kier alpha value is -3.00. The van der Waals surface area contributed by atoms with Gasteiger partial charge in [0, 0.05) is 31.1 Å². The van der Waals surface area contributed by atoms with Crippen LogP contribution in [-0.2, 0) is 4.79 Å². The van der Waals surface area contributed by atoms with Gasteiger partial charge in [0.15, 0.2) is 0 Å². The summed E-state index contributed by atoms with van der Waals surface area (Å²) in [5, 5.41) is 14.5. The number of nitrogens with one attached hydrogen (secondary N) is 1. The van der Waals surface area contributed by atoms with Crippen LogP contribution < -0.4 is 19.7 Å². The Morgan fingerprint density at radius 3 is 2.45 bits per heavy atom. The Morgan fingerprint density at radius 1 is 1.17 bits per heavy atom. The van der Waals surface area contributed by atoms with Crippen LogP contribution in [0.4, 0.5) is 17.1 Å². The molecule has 1 fully saturated rings. The summed E-state index contributed by atoms with van der Waals surface area (Å²) in [6.45, 7) is 1.12. The molecule has 0 atom stereocenters. The smallest absolute Gasteiger partial charge is 0.292 e. The zero-order valence-corrected chi connectivity index (χ0v) is 16.9. The fourth-order valence-corrected chi connectivity index (χ4v) is 3.70. The van der Waals surface area contributed by atoms with Crippen molar-refractivity contribution in [3.63, 3.8) is 0 Å². The predicted octanol–water partition coefficient (Wildman–Crippen LogP) is 4.12. The molecule has 154 valence electrons. The highest BCUT2D eigenvalue weighted by Gasteiger charge is 2.28. The topological polar surface area (TPSA) is 93.9 Å². The van der Waals surface area contributed by atoms with Crippen LogP contribution in [0.1, 0.15) is 12.8 Å². The van der Waals surface area contributed by atoms with Gasteiger partial charge in [-0.25, -0.2) is 0 Å². The summed E-state index contributed by atoms with van der Waals surface area (Å²) < 4.78 is 10.5. The van der Waals surface area contributed by atoms with Crippen molar-refractivity contribution in [1.29, 1.82) is 0 Å². The number of rotatable bonds is 6. The Kier molecular flexibility index (Phi) is 6.43. The minimum atomic E-state index is -0.381. The van der Waals surface area contributed by atoms with Crippen molar-refractivity contribution in [3.05, 3.63) is 51.5 Å². The number of benzene rings is 2. The second-order valence-electron chi connectivity index (χ2n) is 6.68. The number of halogens is 1. The second-order valence-corrected chi connectivity index (χ2v) is 7.09. The zero-order valence-electron chi connectivity index (χ0n) is 16.2. The molecule has 2 aromatic rings. The molecule has 0 saturated carbocycles. The lowest BCUT2D eigenvalue weighted by atomic mass is 9.95.